The van der Waals surface area contributed by atoms with E-state index in [0.717, 1.165) is 38.2 Å². The number of esters is 1. The molecule has 1 aromatic carbocycles. The average molecular weight is 389 g/mol. The van der Waals surface area contributed by atoms with Gasteiger partial charge in [0, 0.05) is 12.6 Å². The number of hydrogen-bond acceptors (Lipinski definition) is 5. The molecule has 5 nitrogen and oxygen atoms in total. The quantitative estimate of drug-likeness (QED) is 0.637. The maximum atomic E-state index is 13.0. The average Bonchev–Trinajstić information content (AvgIpc) is 2.75. The normalized spacial score (nSPS) is 24.8. The molecule has 0 N–H and O–H groups in total. The van der Waals surface area contributed by atoms with Gasteiger partial charge in [-0.1, -0.05) is 25.1 Å². The lowest BCUT2D eigenvalue weighted by Gasteiger charge is -2.46. The number of benzene rings is 1. The third-order valence-corrected chi connectivity index (χ3v) is 6.43. The van der Waals surface area contributed by atoms with Crippen LogP contribution in [0.2, 0.25) is 0 Å². The van der Waals surface area contributed by atoms with Gasteiger partial charge in [-0.15, -0.1) is 0 Å². The van der Waals surface area contributed by atoms with Crippen LogP contribution in [-0.4, -0.2) is 67.7 Å². The minimum Gasteiger partial charge on any atom is -0.494 e. The molecule has 2 fully saturated rings. The van der Waals surface area contributed by atoms with Crippen LogP contribution >= 0.6 is 0 Å². The predicted octanol–water partition coefficient (Wildman–Crippen LogP) is 3.59. The predicted molar refractivity (Wildman–Crippen MR) is 112 cm³/mol. The van der Waals surface area contributed by atoms with Gasteiger partial charge in [0.1, 0.15) is 5.75 Å². The second-order valence-electron chi connectivity index (χ2n) is 8.15. The Labute approximate surface area is 170 Å². The summed E-state index contributed by atoms with van der Waals surface area (Å²) in [4.78, 5) is 18.1. The van der Waals surface area contributed by atoms with Crippen LogP contribution in [0.5, 0.6) is 5.75 Å². The molecule has 2 aliphatic rings. The van der Waals surface area contributed by atoms with Crippen LogP contribution < -0.4 is 4.74 Å². The molecule has 0 unspecified atom stereocenters. The summed E-state index contributed by atoms with van der Waals surface area (Å²) in [5.74, 6) is 0.823. The SMILES string of the molecule is CCOC(=O)[C@]1(CCOc2ccccc2)CCCN(C2CCN(CC)CC2)C1. The van der Waals surface area contributed by atoms with Crippen molar-refractivity contribution in [2.45, 2.75) is 52.0 Å². The number of rotatable bonds is 8. The zero-order chi connectivity index (χ0) is 19.8. The summed E-state index contributed by atoms with van der Waals surface area (Å²) in [6.07, 6.45) is 5.07. The molecule has 5 heteroatoms. The zero-order valence-corrected chi connectivity index (χ0v) is 17.6. The fourth-order valence-electron chi connectivity index (χ4n) is 4.72. The molecule has 0 spiro atoms. The van der Waals surface area contributed by atoms with Crippen LogP contribution in [0, 0.1) is 5.41 Å². The smallest absolute Gasteiger partial charge is 0.313 e. The molecule has 0 aliphatic carbocycles. The van der Waals surface area contributed by atoms with E-state index >= 15 is 0 Å². The van der Waals surface area contributed by atoms with Crippen molar-refractivity contribution in [3.8, 4) is 5.75 Å². The summed E-state index contributed by atoms with van der Waals surface area (Å²) in [6, 6.07) is 10.4. The van der Waals surface area contributed by atoms with E-state index in [0.29, 0.717) is 25.7 Å². The molecule has 2 aliphatic heterocycles. The first-order valence-corrected chi connectivity index (χ1v) is 11.0. The minimum absolute atomic E-state index is 0.0395. The van der Waals surface area contributed by atoms with Crippen molar-refractivity contribution in [1.29, 1.82) is 0 Å². The molecular weight excluding hydrogens is 352 g/mol. The number of carbonyl (C=O) groups is 1. The van der Waals surface area contributed by atoms with Crippen molar-refractivity contribution >= 4 is 5.97 Å². The van der Waals surface area contributed by atoms with Gasteiger partial charge in [-0.05, 0) is 77.3 Å². The highest BCUT2D eigenvalue weighted by molar-refractivity contribution is 5.77. The highest BCUT2D eigenvalue weighted by Gasteiger charge is 2.45. The van der Waals surface area contributed by atoms with Crippen molar-refractivity contribution in [2.75, 3.05) is 45.9 Å². The maximum Gasteiger partial charge on any atom is 0.313 e. The van der Waals surface area contributed by atoms with E-state index in [-0.39, 0.29) is 5.97 Å². The van der Waals surface area contributed by atoms with Gasteiger partial charge in [0.05, 0.1) is 18.6 Å². The topological polar surface area (TPSA) is 42.0 Å². The largest absolute Gasteiger partial charge is 0.494 e. The van der Waals surface area contributed by atoms with E-state index < -0.39 is 5.41 Å². The molecule has 156 valence electrons. The lowest BCUT2D eigenvalue weighted by atomic mass is 9.76. The van der Waals surface area contributed by atoms with E-state index in [1.54, 1.807) is 0 Å². The number of ether oxygens (including phenoxy) is 2. The van der Waals surface area contributed by atoms with Crippen LogP contribution in [0.1, 0.15) is 46.0 Å². The Balaban J connectivity index is 1.63. The Kier molecular flexibility index (Phi) is 7.74. The van der Waals surface area contributed by atoms with Crippen LogP contribution in [0.25, 0.3) is 0 Å². The Morgan fingerprint density at radius 2 is 1.89 bits per heavy atom. The van der Waals surface area contributed by atoms with E-state index in [1.807, 2.05) is 37.3 Å². The molecule has 2 saturated heterocycles. The molecule has 0 bridgehead atoms. The van der Waals surface area contributed by atoms with Crippen LogP contribution in [0.3, 0.4) is 0 Å². The summed E-state index contributed by atoms with van der Waals surface area (Å²) < 4.78 is 11.5. The molecule has 1 aromatic rings. The van der Waals surface area contributed by atoms with Gasteiger partial charge in [-0.2, -0.15) is 0 Å². The van der Waals surface area contributed by atoms with Gasteiger partial charge in [-0.3, -0.25) is 9.69 Å². The van der Waals surface area contributed by atoms with Gasteiger partial charge in [-0.25, -0.2) is 0 Å². The number of nitrogens with zero attached hydrogens (tertiary/aromatic N) is 2. The highest BCUT2D eigenvalue weighted by Crippen LogP contribution is 2.37. The molecule has 28 heavy (non-hydrogen) atoms. The van der Waals surface area contributed by atoms with Crippen LogP contribution in [-0.2, 0) is 9.53 Å². The van der Waals surface area contributed by atoms with Gasteiger partial charge >= 0.3 is 5.97 Å². The van der Waals surface area contributed by atoms with Crippen molar-refractivity contribution in [3.63, 3.8) is 0 Å². The molecular formula is C23H36N2O3. The molecule has 1 atom stereocenters. The second kappa shape index (κ2) is 10.3. The summed E-state index contributed by atoms with van der Waals surface area (Å²) in [7, 11) is 0. The van der Waals surface area contributed by atoms with Gasteiger partial charge in [0.25, 0.3) is 0 Å². The van der Waals surface area contributed by atoms with Crippen LogP contribution in [0.15, 0.2) is 30.3 Å². The second-order valence-corrected chi connectivity index (χ2v) is 8.15. The molecule has 2 heterocycles. The fraction of sp³-hybridized carbons (Fsp3) is 0.696. The van der Waals surface area contributed by atoms with Crippen molar-refractivity contribution in [1.82, 2.24) is 9.80 Å². The lowest BCUT2D eigenvalue weighted by molar-refractivity contribution is -0.161. The Morgan fingerprint density at radius 1 is 1.14 bits per heavy atom. The lowest BCUT2D eigenvalue weighted by Crippen LogP contribution is -2.54. The number of likely N-dealkylation sites (tertiary alicyclic amines) is 2. The third kappa shape index (κ3) is 5.26. The van der Waals surface area contributed by atoms with Gasteiger partial charge in [0.15, 0.2) is 0 Å². The number of hydrogen-bond donors (Lipinski definition) is 0. The highest BCUT2D eigenvalue weighted by atomic mass is 16.5. The van der Waals surface area contributed by atoms with E-state index in [9.17, 15) is 4.79 Å². The molecule has 0 saturated carbocycles. The maximum absolute atomic E-state index is 13.0. The van der Waals surface area contributed by atoms with E-state index in [1.165, 1.54) is 25.9 Å². The number of piperidine rings is 2. The van der Waals surface area contributed by atoms with Crippen molar-refractivity contribution < 1.29 is 14.3 Å². The molecule has 3 rings (SSSR count). The first-order chi connectivity index (χ1) is 13.7. The van der Waals surface area contributed by atoms with Crippen molar-refractivity contribution in [2.24, 2.45) is 5.41 Å². The van der Waals surface area contributed by atoms with Crippen molar-refractivity contribution in [3.05, 3.63) is 30.3 Å². The number of carbonyl (C=O) groups excluding carboxylic acids is 1. The Hall–Kier alpha value is -1.59. The standard InChI is InChI=1S/C23H36N2O3/c1-3-24-16-11-20(12-17-24)25-15-8-13-23(19-25,22(26)27-4-2)14-18-28-21-9-6-5-7-10-21/h5-7,9-10,20H,3-4,8,11-19H2,1-2H3/t23-/m0/s1. The third-order valence-electron chi connectivity index (χ3n) is 6.43. The van der Waals surface area contributed by atoms with E-state index in [2.05, 4.69) is 16.7 Å². The minimum atomic E-state index is -0.440. The molecule has 0 aromatic heterocycles. The summed E-state index contributed by atoms with van der Waals surface area (Å²) in [5, 5.41) is 0. The summed E-state index contributed by atoms with van der Waals surface area (Å²) in [5.41, 5.74) is -0.440. The Bertz CT molecular complexity index is 601. The van der Waals surface area contributed by atoms with Crippen LogP contribution in [0.4, 0.5) is 0 Å². The summed E-state index contributed by atoms with van der Waals surface area (Å²) in [6.45, 7) is 10.5. The molecule has 0 amide bonds. The first kappa shape index (κ1) is 21.1. The van der Waals surface area contributed by atoms with Gasteiger partial charge < -0.3 is 14.4 Å². The monoisotopic (exact) mass is 388 g/mol. The van der Waals surface area contributed by atoms with E-state index in [4.69, 9.17) is 9.47 Å². The fourth-order valence-corrected chi connectivity index (χ4v) is 4.72. The first-order valence-electron chi connectivity index (χ1n) is 11.0. The van der Waals surface area contributed by atoms with Gasteiger partial charge in [0.2, 0.25) is 0 Å². The Morgan fingerprint density at radius 3 is 2.57 bits per heavy atom. The zero-order valence-electron chi connectivity index (χ0n) is 17.6. The summed E-state index contributed by atoms with van der Waals surface area (Å²) >= 11 is 0. The molecule has 0 radical (unpaired) electrons. The number of para-hydroxylation sites is 1.